The van der Waals surface area contributed by atoms with Gasteiger partial charge in [0.05, 0.1) is 6.20 Å². The summed E-state index contributed by atoms with van der Waals surface area (Å²) >= 11 is 3.34. The van der Waals surface area contributed by atoms with E-state index in [1.54, 1.807) is 16.8 Å². The normalized spacial score (nSPS) is 10.6. The van der Waals surface area contributed by atoms with Crippen LogP contribution in [0.2, 0.25) is 0 Å². The zero-order chi connectivity index (χ0) is 13.1. The van der Waals surface area contributed by atoms with Gasteiger partial charge in [-0.3, -0.25) is 0 Å². The van der Waals surface area contributed by atoms with Gasteiger partial charge < -0.3 is 15.3 Å². The summed E-state index contributed by atoms with van der Waals surface area (Å²) in [5.74, 6) is 0.667. The number of hydrogen-bond acceptors (Lipinski definition) is 4. The Bertz CT molecular complexity index is 570. The molecule has 0 fully saturated rings. The van der Waals surface area contributed by atoms with E-state index in [1.807, 2.05) is 6.07 Å². The van der Waals surface area contributed by atoms with Gasteiger partial charge in [-0.15, -0.1) is 5.10 Å². The first-order valence-electron chi connectivity index (χ1n) is 5.26. The highest BCUT2D eigenvalue weighted by atomic mass is 79.9. The van der Waals surface area contributed by atoms with Crippen LogP contribution >= 0.6 is 15.9 Å². The molecule has 2 aromatic heterocycles. The van der Waals surface area contributed by atoms with Crippen LogP contribution in [0.1, 0.15) is 0 Å². The molecule has 0 saturated carbocycles. The van der Waals surface area contributed by atoms with Crippen LogP contribution in [0.25, 0.3) is 5.65 Å². The summed E-state index contributed by atoms with van der Waals surface area (Å²) in [6.07, 6.45) is 0.724. The number of rotatable bonds is 4. The molecule has 0 atom stereocenters. The zero-order valence-electron chi connectivity index (χ0n) is 9.67. The van der Waals surface area contributed by atoms with Crippen LogP contribution in [0.3, 0.4) is 0 Å². The molecule has 0 bridgehead atoms. The quantitative estimate of drug-likeness (QED) is 0.894. The number of nitrogens with one attached hydrogen (secondary N) is 1. The Morgan fingerprint density at radius 3 is 3.11 bits per heavy atom. The first-order chi connectivity index (χ1) is 8.58. The Hall–Kier alpha value is -1.83. The number of fused-ring (bicyclic) bond motifs is 1. The second-order valence-corrected chi connectivity index (χ2v) is 4.51. The van der Waals surface area contributed by atoms with Crippen LogP contribution in [-0.2, 0) is 0 Å². The van der Waals surface area contributed by atoms with Crippen molar-refractivity contribution in [1.29, 1.82) is 0 Å². The summed E-state index contributed by atoms with van der Waals surface area (Å²) in [7, 11) is 1.52. The third kappa shape index (κ3) is 2.70. The molecule has 2 aromatic rings. The molecule has 0 aliphatic heterocycles. The highest BCUT2D eigenvalue weighted by Crippen LogP contribution is 2.13. The molecule has 0 saturated heterocycles. The van der Waals surface area contributed by atoms with Gasteiger partial charge in [-0.25, -0.2) is 14.3 Å². The van der Waals surface area contributed by atoms with E-state index in [0.29, 0.717) is 18.9 Å². The maximum Gasteiger partial charge on any atom is 0.407 e. The summed E-state index contributed by atoms with van der Waals surface area (Å²) in [6.45, 7) is 0.883. The number of imidazole rings is 1. The van der Waals surface area contributed by atoms with Gasteiger partial charge in [0.2, 0.25) is 0 Å². The first kappa shape index (κ1) is 12.6. The molecule has 0 radical (unpaired) electrons. The lowest BCUT2D eigenvalue weighted by Gasteiger charge is -2.13. The molecule has 2 heterocycles. The number of amides is 1. The Balaban J connectivity index is 1.99. The molecule has 0 aliphatic rings. The number of nitrogens with zero attached hydrogens (tertiary/aromatic N) is 4. The molecule has 1 amide bonds. The monoisotopic (exact) mass is 313 g/mol. The zero-order valence-corrected chi connectivity index (χ0v) is 11.3. The van der Waals surface area contributed by atoms with E-state index in [4.69, 9.17) is 5.11 Å². The fourth-order valence-electron chi connectivity index (χ4n) is 1.39. The molecular formula is C10H12BrN5O2. The van der Waals surface area contributed by atoms with E-state index in [1.165, 1.54) is 11.9 Å². The standard InChI is InChI=1S/C10H12BrN5O2/c1-15(10(17)18)5-4-12-8-2-3-9-13-6-7(11)16(9)14-8/h2-3,6H,4-5H2,1H3,(H,12,14)(H,17,18). The summed E-state index contributed by atoms with van der Waals surface area (Å²) in [5, 5.41) is 16.1. The van der Waals surface area contributed by atoms with Crippen molar-refractivity contribution in [2.24, 2.45) is 0 Å². The molecule has 0 unspecified atom stereocenters. The van der Waals surface area contributed by atoms with Crippen LogP contribution in [0, 0.1) is 0 Å². The summed E-state index contributed by atoms with van der Waals surface area (Å²) in [5.41, 5.74) is 0.745. The van der Waals surface area contributed by atoms with Gasteiger partial charge in [-0.1, -0.05) is 0 Å². The first-order valence-corrected chi connectivity index (χ1v) is 6.05. The van der Waals surface area contributed by atoms with Crippen molar-refractivity contribution in [3.8, 4) is 0 Å². The Labute approximate surface area is 112 Å². The van der Waals surface area contributed by atoms with Crippen LogP contribution in [-0.4, -0.2) is 50.8 Å². The fourth-order valence-corrected chi connectivity index (χ4v) is 1.75. The Morgan fingerprint density at radius 1 is 1.61 bits per heavy atom. The molecule has 7 nitrogen and oxygen atoms in total. The average Bonchev–Trinajstić information content (AvgIpc) is 2.71. The second-order valence-electron chi connectivity index (χ2n) is 3.70. The van der Waals surface area contributed by atoms with Crippen molar-refractivity contribution < 1.29 is 9.90 Å². The van der Waals surface area contributed by atoms with Crippen molar-refractivity contribution in [1.82, 2.24) is 19.5 Å². The summed E-state index contributed by atoms with van der Waals surface area (Å²) in [6, 6.07) is 3.64. The van der Waals surface area contributed by atoms with E-state index in [-0.39, 0.29) is 0 Å². The summed E-state index contributed by atoms with van der Waals surface area (Å²) in [4.78, 5) is 15.9. The molecule has 96 valence electrons. The number of carboxylic acid groups (broad SMARTS) is 1. The third-order valence-electron chi connectivity index (χ3n) is 2.40. The molecular weight excluding hydrogens is 302 g/mol. The Morgan fingerprint density at radius 2 is 2.39 bits per heavy atom. The van der Waals surface area contributed by atoms with Gasteiger partial charge in [0.15, 0.2) is 5.65 Å². The predicted molar refractivity (Wildman–Crippen MR) is 69.8 cm³/mol. The van der Waals surface area contributed by atoms with Crippen LogP contribution in [0.15, 0.2) is 22.9 Å². The van der Waals surface area contributed by atoms with Crippen molar-refractivity contribution in [3.63, 3.8) is 0 Å². The van der Waals surface area contributed by atoms with E-state index >= 15 is 0 Å². The average molecular weight is 314 g/mol. The van der Waals surface area contributed by atoms with Gasteiger partial charge in [0.25, 0.3) is 0 Å². The maximum atomic E-state index is 10.6. The van der Waals surface area contributed by atoms with Gasteiger partial charge in [-0.2, -0.15) is 0 Å². The van der Waals surface area contributed by atoms with Crippen molar-refractivity contribution in [2.45, 2.75) is 0 Å². The van der Waals surface area contributed by atoms with E-state index in [0.717, 1.165) is 10.3 Å². The fraction of sp³-hybridized carbons (Fsp3) is 0.300. The number of likely N-dealkylation sites (N-methyl/N-ethyl adjacent to an activating group) is 1. The predicted octanol–water partition coefficient (Wildman–Crippen LogP) is 1.51. The molecule has 2 N–H and O–H groups in total. The number of carbonyl (C=O) groups is 1. The lowest BCUT2D eigenvalue weighted by molar-refractivity contribution is 0.157. The number of hydrogen-bond donors (Lipinski definition) is 2. The lowest BCUT2D eigenvalue weighted by atomic mass is 10.5. The van der Waals surface area contributed by atoms with Crippen LogP contribution in [0.4, 0.5) is 10.6 Å². The largest absolute Gasteiger partial charge is 0.465 e. The van der Waals surface area contributed by atoms with Gasteiger partial charge in [0, 0.05) is 20.1 Å². The van der Waals surface area contributed by atoms with Crippen molar-refractivity contribution in [2.75, 3.05) is 25.5 Å². The molecule has 8 heteroatoms. The highest BCUT2D eigenvalue weighted by Gasteiger charge is 2.05. The number of aromatic nitrogens is 3. The molecule has 18 heavy (non-hydrogen) atoms. The topological polar surface area (TPSA) is 82.8 Å². The van der Waals surface area contributed by atoms with Crippen LogP contribution in [0.5, 0.6) is 0 Å². The molecule has 0 aromatic carbocycles. The maximum absolute atomic E-state index is 10.6. The number of halogens is 1. The second kappa shape index (κ2) is 5.21. The Kier molecular flexibility index (Phi) is 3.66. The lowest BCUT2D eigenvalue weighted by Crippen LogP contribution is -2.30. The van der Waals surface area contributed by atoms with Gasteiger partial charge >= 0.3 is 6.09 Å². The minimum Gasteiger partial charge on any atom is -0.465 e. The minimum absolute atomic E-state index is 0.389. The third-order valence-corrected chi connectivity index (χ3v) is 2.94. The SMILES string of the molecule is CN(CCNc1ccc2ncc(Br)n2n1)C(=O)O. The van der Waals surface area contributed by atoms with Crippen LogP contribution < -0.4 is 5.32 Å². The van der Waals surface area contributed by atoms with E-state index < -0.39 is 6.09 Å². The van der Waals surface area contributed by atoms with Gasteiger partial charge in [0.1, 0.15) is 10.4 Å². The van der Waals surface area contributed by atoms with Crippen molar-refractivity contribution in [3.05, 3.63) is 22.9 Å². The summed E-state index contributed by atoms with van der Waals surface area (Å²) < 4.78 is 2.42. The van der Waals surface area contributed by atoms with Gasteiger partial charge in [-0.05, 0) is 28.1 Å². The van der Waals surface area contributed by atoms with Crippen molar-refractivity contribution >= 4 is 33.5 Å². The molecule has 0 aliphatic carbocycles. The van der Waals surface area contributed by atoms with E-state index in [2.05, 4.69) is 31.3 Å². The minimum atomic E-state index is -0.947. The molecule has 0 spiro atoms. The molecule has 2 rings (SSSR count). The smallest absolute Gasteiger partial charge is 0.407 e. The highest BCUT2D eigenvalue weighted by molar-refractivity contribution is 9.10. The van der Waals surface area contributed by atoms with E-state index in [9.17, 15) is 4.79 Å². The number of anilines is 1.